The Kier molecular flexibility index (Phi) is 6.27. The van der Waals surface area contributed by atoms with Crippen molar-refractivity contribution in [3.05, 3.63) is 96.2 Å². The number of nitrogens with one attached hydrogen (secondary N) is 1. The number of carbonyl (C=O) groups excluding carboxylic acids is 1. The summed E-state index contributed by atoms with van der Waals surface area (Å²) in [4.78, 5) is 13.0. The predicted octanol–water partition coefficient (Wildman–Crippen LogP) is 4.32. The Morgan fingerprint density at radius 1 is 0.938 bits per heavy atom. The van der Waals surface area contributed by atoms with Crippen LogP contribution < -0.4 is 14.9 Å². The number of nitrogens with zero attached hydrogens (tertiary/aromatic N) is 3. The summed E-state index contributed by atoms with van der Waals surface area (Å²) in [6, 6.07) is 24.6. The van der Waals surface area contributed by atoms with Gasteiger partial charge in [0.25, 0.3) is 5.91 Å². The van der Waals surface area contributed by atoms with Crippen LogP contribution in [-0.2, 0) is 0 Å². The van der Waals surface area contributed by atoms with Gasteiger partial charge in [0, 0.05) is 23.4 Å². The van der Waals surface area contributed by atoms with Crippen molar-refractivity contribution in [2.24, 2.45) is 5.10 Å². The Morgan fingerprint density at radius 2 is 1.56 bits per heavy atom. The second kappa shape index (κ2) is 9.61. The van der Waals surface area contributed by atoms with E-state index in [1.54, 1.807) is 43.3 Å². The maximum atomic E-state index is 13.0. The number of hydrogen-bond donors (Lipinski definition) is 1. The second-order valence-corrected chi connectivity index (χ2v) is 6.88. The maximum Gasteiger partial charge on any atom is 0.275 e. The van der Waals surface area contributed by atoms with Gasteiger partial charge in [-0.25, -0.2) is 10.1 Å². The fourth-order valence-electron chi connectivity index (χ4n) is 3.19. The molecule has 0 bridgehead atoms. The van der Waals surface area contributed by atoms with E-state index in [4.69, 9.17) is 9.47 Å². The summed E-state index contributed by atoms with van der Waals surface area (Å²) in [6.07, 6.45) is 3.24. The second-order valence-electron chi connectivity index (χ2n) is 6.88. The van der Waals surface area contributed by atoms with Crippen molar-refractivity contribution in [3.63, 3.8) is 0 Å². The molecule has 0 saturated heterocycles. The van der Waals surface area contributed by atoms with Gasteiger partial charge in [-0.3, -0.25) is 4.79 Å². The Labute approximate surface area is 185 Å². The van der Waals surface area contributed by atoms with Gasteiger partial charge >= 0.3 is 0 Å². The number of rotatable bonds is 7. The lowest BCUT2D eigenvalue weighted by Gasteiger charge is -2.05. The van der Waals surface area contributed by atoms with Gasteiger partial charge in [0.05, 0.1) is 31.7 Å². The van der Waals surface area contributed by atoms with E-state index in [-0.39, 0.29) is 5.91 Å². The summed E-state index contributed by atoms with van der Waals surface area (Å²) in [5.41, 5.74) is 6.01. The highest BCUT2D eigenvalue weighted by Crippen LogP contribution is 2.24. The molecule has 0 aliphatic rings. The van der Waals surface area contributed by atoms with Crippen LogP contribution in [0, 0.1) is 0 Å². The lowest BCUT2D eigenvalue weighted by atomic mass is 10.1. The fourth-order valence-corrected chi connectivity index (χ4v) is 3.19. The van der Waals surface area contributed by atoms with Crippen LogP contribution in [0.25, 0.3) is 16.9 Å². The predicted molar refractivity (Wildman–Crippen MR) is 124 cm³/mol. The highest BCUT2D eigenvalue weighted by molar-refractivity contribution is 6.00. The van der Waals surface area contributed by atoms with Gasteiger partial charge in [0.15, 0.2) is 0 Å². The van der Waals surface area contributed by atoms with E-state index in [0.717, 1.165) is 16.8 Å². The van der Waals surface area contributed by atoms with Gasteiger partial charge in [-0.1, -0.05) is 48.5 Å². The minimum absolute atomic E-state index is 0.364. The summed E-state index contributed by atoms with van der Waals surface area (Å²) < 4.78 is 12.2. The zero-order valence-corrected chi connectivity index (χ0v) is 17.7. The van der Waals surface area contributed by atoms with Crippen LogP contribution >= 0.6 is 0 Å². The summed E-state index contributed by atoms with van der Waals surface area (Å²) in [5.74, 6) is 0.900. The topological polar surface area (TPSA) is 77.7 Å². The molecule has 1 amide bonds. The molecule has 3 aromatic carbocycles. The number of aromatic nitrogens is 2. The number of carbonyl (C=O) groups is 1. The van der Waals surface area contributed by atoms with Crippen LogP contribution in [-0.4, -0.2) is 36.1 Å². The number of ether oxygens (including phenoxy) is 2. The Morgan fingerprint density at radius 3 is 2.19 bits per heavy atom. The van der Waals surface area contributed by atoms with Crippen molar-refractivity contribution < 1.29 is 14.3 Å². The van der Waals surface area contributed by atoms with Crippen molar-refractivity contribution >= 4 is 12.1 Å². The van der Waals surface area contributed by atoms with E-state index in [9.17, 15) is 4.79 Å². The van der Waals surface area contributed by atoms with Crippen LogP contribution in [0.5, 0.6) is 11.5 Å². The highest BCUT2D eigenvalue weighted by Gasteiger charge is 2.18. The number of para-hydroxylation sites is 1. The van der Waals surface area contributed by atoms with Crippen molar-refractivity contribution in [1.29, 1.82) is 0 Å². The molecule has 1 aromatic heterocycles. The van der Waals surface area contributed by atoms with Gasteiger partial charge in [0.2, 0.25) is 0 Å². The number of methoxy groups -OCH3 is 2. The largest absolute Gasteiger partial charge is 0.497 e. The van der Waals surface area contributed by atoms with Crippen LogP contribution in [0.1, 0.15) is 15.9 Å². The third kappa shape index (κ3) is 4.67. The van der Waals surface area contributed by atoms with E-state index in [1.807, 2.05) is 60.7 Å². The first-order chi connectivity index (χ1) is 15.7. The minimum Gasteiger partial charge on any atom is -0.497 e. The normalized spacial score (nSPS) is 10.8. The summed E-state index contributed by atoms with van der Waals surface area (Å²) >= 11 is 0. The summed E-state index contributed by atoms with van der Waals surface area (Å²) in [7, 11) is 3.15. The molecule has 0 fully saturated rings. The quantitative estimate of drug-likeness (QED) is 0.353. The highest BCUT2D eigenvalue weighted by atomic mass is 16.5. The molecule has 160 valence electrons. The Balaban J connectivity index is 1.62. The SMILES string of the molecule is COc1cc(/C=N/NC(=O)c2cn(-c3ccccc3)nc2-c2ccccc2)cc(OC)c1. The average Bonchev–Trinajstić information content (AvgIpc) is 3.30. The molecular formula is C25H22N4O3. The molecule has 0 aliphatic carbocycles. The molecule has 7 heteroatoms. The number of hydrazone groups is 1. The molecule has 0 spiro atoms. The summed E-state index contributed by atoms with van der Waals surface area (Å²) in [5, 5.41) is 8.77. The molecule has 0 aliphatic heterocycles. The third-order valence-corrected chi connectivity index (χ3v) is 4.78. The molecule has 0 radical (unpaired) electrons. The zero-order valence-electron chi connectivity index (χ0n) is 17.7. The molecule has 0 unspecified atom stereocenters. The number of hydrogen-bond acceptors (Lipinski definition) is 5. The van der Waals surface area contributed by atoms with E-state index in [1.165, 1.54) is 6.21 Å². The Bertz CT molecular complexity index is 1210. The first-order valence-electron chi connectivity index (χ1n) is 9.95. The molecule has 32 heavy (non-hydrogen) atoms. The molecule has 1 heterocycles. The van der Waals surface area contributed by atoms with Gasteiger partial charge < -0.3 is 9.47 Å². The lowest BCUT2D eigenvalue weighted by molar-refractivity contribution is 0.0955. The average molecular weight is 426 g/mol. The van der Waals surface area contributed by atoms with E-state index in [0.29, 0.717) is 22.8 Å². The van der Waals surface area contributed by atoms with Crippen molar-refractivity contribution in [1.82, 2.24) is 15.2 Å². The van der Waals surface area contributed by atoms with Crippen LogP contribution in [0.4, 0.5) is 0 Å². The molecule has 4 aromatic rings. The van der Waals surface area contributed by atoms with Crippen molar-refractivity contribution in [2.45, 2.75) is 0 Å². The van der Waals surface area contributed by atoms with Crippen LogP contribution in [0.3, 0.4) is 0 Å². The molecule has 0 atom stereocenters. The molecule has 1 N–H and O–H groups in total. The zero-order chi connectivity index (χ0) is 22.3. The number of benzene rings is 3. The summed E-state index contributed by atoms with van der Waals surface area (Å²) in [6.45, 7) is 0. The molecule has 4 rings (SSSR count). The van der Waals surface area contributed by atoms with Gasteiger partial charge in [-0.05, 0) is 24.3 Å². The standard InChI is InChI=1S/C25H22N4O3/c1-31-21-13-18(14-22(15-21)32-2)16-26-27-25(30)23-17-29(20-11-7-4-8-12-20)28-24(23)19-9-5-3-6-10-19/h3-17H,1-2H3,(H,27,30)/b26-16+. The fraction of sp³-hybridized carbons (Fsp3) is 0.0800. The van der Waals surface area contributed by atoms with Gasteiger partial charge in [-0.15, -0.1) is 0 Å². The molecular weight excluding hydrogens is 404 g/mol. The lowest BCUT2D eigenvalue weighted by Crippen LogP contribution is -2.18. The third-order valence-electron chi connectivity index (χ3n) is 4.78. The molecule has 0 saturated carbocycles. The van der Waals surface area contributed by atoms with E-state index >= 15 is 0 Å². The maximum absolute atomic E-state index is 13.0. The minimum atomic E-state index is -0.364. The first-order valence-corrected chi connectivity index (χ1v) is 9.95. The number of amides is 1. The van der Waals surface area contributed by atoms with Crippen molar-refractivity contribution in [3.8, 4) is 28.4 Å². The monoisotopic (exact) mass is 426 g/mol. The first kappa shape index (κ1) is 20.9. The molecule has 7 nitrogen and oxygen atoms in total. The van der Waals surface area contributed by atoms with E-state index < -0.39 is 0 Å². The van der Waals surface area contributed by atoms with Crippen LogP contribution in [0.15, 0.2) is 90.2 Å². The van der Waals surface area contributed by atoms with Gasteiger partial charge in [0.1, 0.15) is 17.2 Å². The smallest absolute Gasteiger partial charge is 0.275 e. The van der Waals surface area contributed by atoms with Crippen LogP contribution in [0.2, 0.25) is 0 Å². The van der Waals surface area contributed by atoms with Gasteiger partial charge in [-0.2, -0.15) is 10.2 Å². The Hall–Kier alpha value is -4.39. The van der Waals surface area contributed by atoms with Crippen molar-refractivity contribution in [2.75, 3.05) is 14.2 Å². The van der Waals surface area contributed by atoms with E-state index in [2.05, 4.69) is 15.6 Å².